The molecule has 4 heterocycles. The van der Waals surface area contributed by atoms with Gasteiger partial charge in [-0.15, -0.1) is 5.10 Å². The first-order chi connectivity index (χ1) is 10.2. The van der Waals surface area contributed by atoms with Crippen molar-refractivity contribution in [3.8, 4) is 0 Å². The van der Waals surface area contributed by atoms with Crippen LogP contribution in [0.4, 0.5) is 0 Å². The molecule has 3 N–H and O–H groups in total. The maximum absolute atomic E-state index is 10.1. The van der Waals surface area contributed by atoms with Crippen LogP contribution in [-0.2, 0) is 4.74 Å². The standard InChI is InChI=1S/C11H12N6O4/c18-3-6-7(19)8(20)11(21-6)16-2-1-5-9(16)12-4-17-10(5)13-14-15-17/h1-2,4,6-8,11,18-20H,3H2/t6-,7-,8-,11-/m1/s1. The molecule has 1 aliphatic heterocycles. The van der Waals surface area contributed by atoms with E-state index in [-0.39, 0.29) is 6.61 Å². The molecule has 0 spiro atoms. The number of nitrogens with zero attached hydrogens (tertiary/aromatic N) is 6. The average Bonchev–Trinajstić information content (AvgIpc) is 3.17. The number of ether oxygens (including phenoxy) is 1. The predicted octanol–water partition coefficient (Wildman–Crippen LogP) is -1.91. The fourth-order valence-corrected chi connectivity index (χ4v) is 2.62. The first-order valence-electron chi connectivity index (χ1n) is 6.36. The van der Waals surface area contributed by atoms with Gasteiger partial charge in [0.15, 0.2) is 11.9 Å². The van der Waals surface area contributed by atoms with Crippen molar-refractivity contribution >= 4 is 16.7 Å². The summed E-state index contributed by atoms with van der Waals surface area (Å²) in [5, 5.41) is 41.0. The summed E-state index contributed by atoms with van der Waals surface area (Å²) in [6, 6.07) is 1.75. The van der Waals surface area contributed by atoms with E-state index in [1.807, 2.05) is 0 Å². The van der Waals surface area contributed by atoms with Gasteiger partial charge in [0.05, 0.1) is 12.0 Å². The van der Waals surface area contributed by atoms with Gasteiger partial charge in [-0.3, -0.25) is 0 Å². The van der Waals surface area contributed by atoms with E-state index in [2.05, 4.69) is 20.5 Å². The van der Waals surface area contributed by atoms with Crippen LogP contribution in [0.5, 0.6) is 0 Å². The maximum atomic E-state index is 10.1. The van der Waals surface area contributed by atoms with Crippen LogP contribution in [0.2, 0.25) is 0 Å². The zero-order valence-corrected chi connectivity index (χ0v) is 10.7. The Balaban J connectivity index is 1.84. The van der Waals surface area contributed by atoms with Crippen molar-refractivity contribution in [2.75, 3.05) is 6.61 Å². The van der Waals surface area contributed by atoms with Crippen LogP contribution in [-0.4, -0.2) is 69.8 Å². The maximum Gasteiger partial charge on any atom is 0.192 e. The number of hydrogen-bond acceptors (Lipinski definition) is 8. The molecular weight excluding hydrogens is 280 g/mol. The van der Waals surface area contributed by atoms with Crippen LogP contribution in [0.25, 0.3) is 16.7 Å². The lowest BCUT2D eigenvalue weighted by Gasteiger charge is -2.17. The predicted molar refractivity (Wildman–Crippen MR) is 67.1 cm³/mol. The number of aliphatic hydroxyl groups excluding tert-OH is 3. The SMILES string of the molecule is OC[C@H]1O[C@@H](n2ccc3c2ncn2nnnc32)[C@H](O)[C@@H]1O. The lowest BCUT2D eigenvalue weighted by Crippen LogP contribution is -2.33. The zero-order chi connectivity index (χ0) is 14.6. The molecule has 10 nitrogen and oxygen atoms in total. The van der Waals surface area contributed by atoms with Crippen LogP contribution in [0.1, 0.15) is 6.23 Å². The molecule has 21 heavy (non-hydrogen) atoms. The molecular formula is C11H12N6O4. The Labute approximate surface area is 117 Å². The van der Waals surface area contributed by atoms with Crippen LogP contribution in [0.3, 0.4) is 0 Å². The minimum Gasteiger partial charge on any atom is -0.394 e. The highest BCUT2D eigenvalue weighted by Gasteiger charge is 2.43. The number of rotatable bonds is 2. The molecule has 0 aromatic carbocycles. The van der Waals surface area contributed by atoms with E-state index in [1.165, 1.54) is 10.8 Å². The Morgan fingerprint density at radius 1 is 1.24 bits per heavy atom. The van der Waals surface area contributed by atoms with E-state index >= 15 is 0 Å². The van der Waals surface area contributed by atoms with Gasteiger partial charge in [0, 0.05) is 6.20 Å². The minimum atomic E-state index is -1.16. The fraction of sp³-hybridized carbons (Fsp3) is 0.455. The summed E-state index contributed by atoms with van der Waals surface area (Å²) in [7, 11) is 0. The largest absolute Gasteiger partial charge is 0.394 e. The normalized spacial score (nSPS) is 29.7. The number of tetrazole rings is 1. The van der Waals surface area contributed by atoms with Crippen molar-refractivity contribution in [1.29, 1.82) is 0 Å². The highest BCUT2D eigenvalue weighted by atomic mass is 16.6. The molecule has 1 fully saturated rings. The van der Waals surface area contributed by atoms with Crippen molar-refractivity contribution in [3.05, 3.63) is 18.6 Å². The van der Waals surface area contributed by atoms with Crippen LogP contribution >= 0.6 is 0 Å². The van der Waals surface area contributed by atoms with E-state index in [4.69, 9.17) is 9.84 Å². The minimum absolute atomic E-state index is 0.375. The summed E-state index contributed by atoms with van der Waals surface area (Å²) in [6.45, 7) is -0.375. The molecule has 10 heteroatoms. The summed E-state index contributed by atoms with van der Waals surface area (Å²) in [6.07, 6.45) is -0.855. The quantitative estimate of drug-likeness (QED) is 0.498. The molecule has 3 aromatic rings. The van der Waals surface area contributed by atoms with Gasteiger partial charge < -0.3 is 24.6 Å². The monoisotopic (exact) mass is 292 g/mol. The van der Waals surface area contributed by atoms with Crippen LogP contribution < -0.4 is 0 Å². The molecule has 0 saturated carbocycles. The van der Waals surface area contributed by atoms with E-state index < -0.39 is 24.5 Å². The Bertz CT molecular complexity index is 800. The fourth-order valence-electron chi connectivity index (χ4n) is 2.62. The topological polar surface area (TPSA) is 131 Å². The molecule has 1 saturated heterocycles. The van der Waals surface area contributed by atoms with Crippen LogP contribution in [0.15, 0.2) is 18.6 Å². The van der Waals surface area contributed by atoms with Gasteiger partial charge >= 0.3 is 0 Å². The first kappa shape index (κ1) is 12.6. The smallest absolute Gasteiger partial charge is 0.192 e. The number of aromatic nitrogens is 6. The third-order valence-electron chi connectivity index (χ3n) is 3.70. The van der Waals surface area contributed by atoms with E-state index in [9.17, 15) is 10.2 Å². The lowest BCUT2D eigenvalue weighted by molar-refractivity contribution is -0.0508. The van der Waals surface area contributed by atoms with Gasteiger partial charge in [-0.1, -0.05) is 0 Å². The van der Waals surface area contributed by atoms with Gasteiger partial charge in [0.2, 0.25) is 0 Å². The zero-order valence-electron chi connectivity index (χ0n) is 10.7. The van der Waals surface area contributed by atoms with E-state index in [0.29, 0.717) is 16.7 Å². The third-order valence-corrected chi connectivity index (χ3v) is 3.70. The second kappa shape index (κ2) is 4.43. The molecule has 4 rings (SSSR count). The number of fused-ring (bicyclic) bond motifs is 3. The number of aliphatic hydroxyl groups is 3. The van der Waals surface area contributed by atoms with E-state index in [0.717, 1.165) is 0 Å². The average molecular weight is 292 g/mol. The molecule has 0 bridgehead atoms. The molecule has 110 valence electrons. The van der Waals surface area contributed by atoms with Crippen molar-refractivity contribution < 1.29 is 20.1 Å². The van der Waals surface area contributed by atoms with Gasteiger partial charge in [-0.2, -0.15) is 4.52 Å². The summed E-state index contributed by atoms with van der Waals surface area (Å²) in [5.74, 6) is 0. The van der Waals surface area contributed by atoms with E-state index in [1.54, 1.807) is 16.8 Å². The summed E-state index contributed by atoms with van der Waals surface area (Å²) >= 11 is 0. The van der Waals surface area contributed by atoms with Gasteiger partial charge in [-0.25, -0.2) is 4.98 Å². The molecule has 1 aliphatic rings. The van der Waals surface area contributed by atoms with Crippen molar-refractivity contribution in [2.24, 2.45) is 0 Å². The third kappa shape index (κ3) is 1.67. The van der Waals surface area contributed by atoms with Crippen molar-refractivity contribution in [3.63, 3.8) is 0 Å². The highest BCUT2D eigenvalue weighted by Crippen LogP contribution is 2.32. The number of hydrogen-bond donors (Lipinski definition) is 3. The lowest BCUT2D eigenvalue weighted by atomic mass is 10.1. The summed E-state index contributed by atoms with van der Waals surface area (Å²) in [5.41, 5.74) is 1.05. The molecule has 3 aromatic heterocycles. The summed E-state index contributed by atoms with van der Waals surface area (Å²) in [4.78, 5) is 4.24. The van der Waals surface area contributed by atoms with Crippen molar-refractivity contribution in [1.82, 2.24) is 29.6 Å². The van der Waals surface area contributed by atoms with Gasteiger partial charge in [0.1, 0.15) is 30.3 Å². The Hall–Kier alpha value is -2.14. The molecule has 4 atom stereocenters. The molecule has 0 amide bonds. The molecule has 0 radical (unpaired) electrons. The molecule has 0 aliphatic carbocycles. The van der Waals surface area contributed by atoms with Gasteiger partial charge in [0.25, 0.3) is 0 Å². The first-order valence-corrected chi connectivity index (χ1v) is 6.36. The van der Waals surface area contributed by atoms with Crippen LogP contribution in [0, 0.1) is 0 Å². The molecule has 0 unspecified atom stereocenters. The van der Waals surface area contributed by atoms with Gasteiger partial charge in [-0.05, 0) is 16.5 Å². The van der Waals surface area contributed by atoms with Crippen molar-refractivity contribution in [2.45, 2.75) is 24.5 Å². The second-order valence-corrected chi connectivity index (χ2v) is 4.88. The second-order valence-electron chi connectivity index (χ2n) is 4.88. The summed E-state index contributed by atoms with van der Waals surface area (Å²) < 4.78 is 8.52. The Morgan fingerprint density at radius 3 is 2.86 bits per heavy atom. The Morgan fingerprint density at radius 2 is 2.10 bits per heavy atom. The highest BCUT2D eigenvalue weighted by molar-refractivity contribution is 5.89. The Kier molecular flexibility index (Phi) is 2.65.